The van der Waals surface area contributed by atoms with Gasteiger partial charge in [0.25, 0.3) is 0 Å². The number of hydrogen-bond acceptors (Lipinski definition) is 6. The van der Waals surface area contributed by atoms with Crippen molar-refractivity contribution >= 4 is 28.6 Å². The molecule has 160 valence electrons. The van der Waals surface area contributed by atoms with Crippen molar-refractivity contribution in [1.82, 2.24) is 4.98 Å². The highest BCUT2D eigenvalue weighted by molar-refractivity contribution is 7.07. The van der Waals surface area contributed by atoms with Crippen LogP contribution in [0.3, 0.4) is 0 Å². The molecule has 0 aliphatic carbocycles. The van der Waals surface area contributed by atoms with Gasteiger partial charge in [0.05, 0.1) is 18.2 Å². The molecule has 4 rings (SSSR count). The number of nitrogens with one attached hydrogen (secondary N) is 1. The quantitative estimate of drug-likeness (QED) is 0.501. The number of ether oxygens (including phenoxy) is 2. The summed E-state index contributed by atoms with van der Waals surface area (Å²) in [5, 5.41) is 5.17. The number of rotatable bonds is 5. The Morgan fingerprint density at radius 2 is 2.00 bits per heavy atom. The van der Waals surface area contributed by atoms with Crippen molar-refractivity contribution in [2.24, 2.45) is 0 Å². The Labute approximate surface area is 184 Å². The molecule has 1 N–H and O–H groups in total. The maximum Gasteiger partial charge on any atom is 0.358 e. The normalized spacial score (nSPS) is 14.3. The Balaban J connectivity index is 1.84. The number of halogens is 1. The van der Waals surface area contributed by atoms with Gasteiger partial charge in [0.15, 0.2) is 5.69 Å². The Kier molecular flexibility index (Phi) is 5.54. The number of benzene rings is 2. The summed E-state index contributed by atoms with van der Waals surface area (Å²) in [6.45, 7) is 6.28. The average molecular weight is 439 g/mol. The number of methoxy groups -OCH3 is 1. The highest BCUT2D eigenvalue weighted by Crippen LogP contribution is 2.42. The monoisotopic (exact) mass is 438 g/mol. The van der Waals surface area contributed by atoms with Crippen LogP contribution in [0, 0.1) is 5.82 Å². The van der Waals surface area contributed by atoms with E-state index in [2.05, 4.69) is 30.2 Å². The number of nitrogens with zero attached hydrogens (tertiary/aromatic N) is 1. The molecule has 0 amide bonds. The molecule has 5 nitrogen and oxygen atoms in total. The van der Waals surface area contributed by atoms with Crippen molar-refractivity contribution in [3.8, 4) is 16.9 Å². The summed E-state index contributed by atoms with van der Waals surface area (Å²) in [6.07, 6.45) is 2.15. The van der Waals surface area contributed by atoms with Gasteiger partial charge in [-0.05, 0) is 50.1 Å². The summed E-state index contributed by atoms with van der Waals surface area (Å²) in [4.78, 5) is 16.5. The fraction of sp³-hybridized carbons (Fsp3) is 0.250. The second-order valence-corrected chi connectivity index (χ2v) is 8.70. The number of carbonyl (C=O) groups is 1. The van der Waals surface area contributed by atoms with Gasteiger partial charge in [-0.15, -0.1) is 11.3 Å². The fourth-order valence-corrected chi connectivity index (χ4v) is 4.54. The summed E-state index contributed by atoms with van der Waals surface area (Å²) in [5.74, 6) is -0.450. The van der Waals surface area contributed by atoms with Gasteiger partial charge in [0.1, 0.15) is 18.2 Å². The first-order valence-corrected chi connectivity index (χ1v) is 10.8. The van der Waals surface area contributed by atoms with E-state index in [1.165, 1.54) is 30.6 Å². The molecule has 1 aliphatic heterocycles. The predicted molar refractivity (Wildman–Crippen MR) is 121 cm³/mol. The first-order chi connectivity index (χ1) is 14.8. The van der Waals surface area contributed by atoms with Crippen LogP contribution in [-0.4, -0.2) is 23.6 Å². The number of esters is 1. The first-order valence-electron chi connectivity index (χ1n) is 9.82. The van der Waals surface area contributed by atoms with E-state index in [0.717, 1.165) is 33.5 Å². The van der Waals surface area contributed by atoms with Crippen molar-refractivity contribution in [2.45, 2.75) is 32.9 Å². The standard InChI is InChI=1S/C24H23FN2O3S/c1-14-10-24(2,3)27-19-8-7-16(17-6-5-15(25)9-21(17)29-4)18(22(14)19)11-30-23(28)20-12-31-13-26-20/h5-10,12-13,27H,11H2,1-4H3. The van der Waals surface area contributed by atoms with Crippen molar-refractivity contribution in [3.05, 3.63) is 69.9 Å². The van der Waals surface area contributed by atoms with Crippen molar-refractivity contribution in [3.63, 3.8) is 0 Å². The van der Waals surface area contributed by atoms with E-state index in [-0.39, 0.29) is 23.7 Å². The summed E-state index contributed by atoms with van der Waals surface area (Å²) in [7, 11) is 1.51. The molecule has 1 aromatic heterocycles. The van der Waals surface area contributed by atoms with Gasteiger partial charge in [-0.2, -0.15) is 0 Å². The summed E-state index contributed by atoms with van der Waals surface area (Å²) >= 11 is 1.34. The second-order valence-electron chi connectivity index (χ2n) is 7.98. The molecular weight excluding hydrogens is 415 g/mol. The first kappa shape index (κ1) is 21.1. The van der Waals surface area contributed by atoms with Crippen LogP contribution >= 0.6 is 11.3 Å². The molecule has 31 heavy (non-hydrogen) atoms. The lowest BCUT2D eigenvalue weighted by molar-refractivity contribution is 0.0467. The smallest absolute Gasteiger partial charge is 0.358 e. The van der Waals surface area contributed by atoms with Crippen molar-refractivity contribution in [2.75, 3.05) is 12.4 Å². The third kappa shape index (κ3) is 4.18. The maximum atomic E-state index is 13.8. The minimum absolute atomic E-state index is 0.0443. The van der Waals surface area contributed by atoms with E-state index in [0.29, 0.717) is 5.75 Å². The molecule has 0 fully saturated rings. The Morgan fingerprint density at radius 1 is 1.23 bits per heavy atom. The van der Waals surface area contributed by atoms with Crippen LogP contribution in [0.4, 0.5) is 10.1 Å². The highest BCUT2D eigenvalue weighted by atomic mass is 32.1. The van der Waals surface area contributed by atoms with E-state index in [1.807, 2.05) is 19.1 Å². The zero-order valence-corrected chi connectivity index (χ0v) is 18.6. The molecule has 0 atom stereocenters. The van der Waals surface area contributed by atoms with Gasteiger partial charge in [-0.25, -0.2) is 14.2 Å². The van der Waals surface area contributed by atoms with Crippen LogP contribution in [0.2, 0.25) is 0 Å². The molecule has 0 bridgehead atoms. The van der Waals surface area contributed by atoms with Gasteiger partial charge in [-0.1, -0.05) is 12.1 Å². The molecule has 0 unspecified atom stereocenters. The Bertz CT molecular complexity index is 1170. The number of thiazole rings is 1. The van der Waals surface area contributed by atoms with Gasteiger partial charge >= 0.3 is 5.97 Å². The Morgan fingerprint density at radius 3 is 2.71 bits per heavy atom. The van der Waals surface area contributed by atoms with Crippen molar-refractivity contribution < 1.29 is 18.7 Å². The Hall–Kier alpha value is -3.19. The third-order valence-electron chi connectivity index (χ3n) is 5.18. The molecule has 0 radical (unpaired) electrons. The van der Waals surface area contributed by atoms with E-state index in [1.54, 1.807) is 17.0 Å². The fourth-order valence-electron chi connectivity index (χ4n) is 4.01. The minimum Gasteiger partial charge on any atom is -0.496 e. The molecule has 1 aliphatic rings. The SMILES string of the molecule is COc1cc(F)ccc1-c1ccc2c(c1COC(=O)c1cscn1)C(C)=CC(C)(C)N2. The molecular formula is C24H23FN2O3S. The number of fused-ring (bicyclic) bond motifs is 1. The molecule has 0 saturated carbocycles. The summed E-state index contributed by atoms with van der Waals surface area (Å²) in [6, 6.07) is 8.37. The van der Waals surface area contributed by atoms with Crippen LogP contribution in [-0.2, 0) is 11.3 Å². The second kappa shape index (κ2) is 8.15. The number of carbonyl (C=O) groups excluding carboxylic acids is 1. The zero-order chi connectivity index (χ0) is 22.2. The van der Waals surface area contributed by atoms with Gasteiger partial charge in [-0.3, -0.25) is 0 Å². The molecule has 0 spiro atoms. The number of aromatic nitrogens is 1. The lowest BCUT2D eigenvalue weighted by Crippen LogP contribution is -2.32. The molecule has 3 aromatic rings. The lowest BCUT2D eigenvalue weighted by atomic mass is 9.85. The lowest BCUT2D eigenvalue weighted by Gasteiger charge is -2.33. The van der Waals surface area contributed by atoms with E-state index < -0.39 is 5.97 Å². The van der Waals surface area contributed by atoms with Gasteiger partial charge < -0.3 is 14.8 Å². The minimum atomic E-state index is -0.485. The van der Waals surface area contributed by atoms with Gasteiger partial charge in [0, 0.05) is 33.8 Å². The average Bonchev–Trinajstić information content (AvgIpc) is 3.25. The van der Waals surface area contributed by atoms with Crippen LogP contribution in [0.25, 0.3) is 16.7 Å². The largest absolute Gasteiger partial charge is 0.496 e. The predicted octanol–water partition coefficient (Wildman–Crippen LogP) is 5.92. The molecule has 2 heterocycles. The van der Waals surface area contributed by atoms with Crippen LogP contribution in [0.5, 0.6) is 5.75 Å². The van der Waals surface area contributed by atoms with E-state index in [9.17, 15) is 9.18 Å². The third-order valence-corrected chi connectivity index (χ3v) is 5.77. The number of hydrogen-bond donors (Lipinski definition) is 1. The van der Waals surface area contributed by atoms with E-state index >= 15 is 0 Å². The summed E-state index contributed by atoms with van der Waals surface area (Å²) in [5.41, 5.74) is 7.02. The molecule has 0 saturated heterocycles. The van der Waals surface area contributed by atoms with Crippen LogP contribution in [0.15, 0.2) is 47.3 Å². The highest BCUT2D eigenvalue weighted by Gasteiger charge is 2.27. The number of anilines is 1. The number of allylic oxidation sites excluding steroid dienone is 1. The molecule has 7 heteroatoms. The molecule has 2 aromatic carbocycles. The maximum absolute atomic E-state index is 13.8. The van der Waals surface area contributed by atoms with E-state index in [4.69, 9.17) is 9.47 Å². The van der Waals surface area contributed by atoms with Gasteiger partial charge in [0.2, 0.25) is 0 Å². The van der Waals surface area contributed by atoms with Crippen LogP contribution in [0.1, 0.15) is 42.4 Å². The zero-order valence-electron chi connectivity index (χ0n) is 17.8. The topological polar surface area (TPSA) is 60.5 Å². The van der Waals surface area contributed by atoms with Crippen molar-refractivity contribution in [1.29, 1.82) is 0 Å². The summed E-state index contributed by atoms with van der Waals surface area (Å²) < 4.78 is 24.9. The van der Waals surface area contributed by atoms with Crippen LogP contribution < -0.4 is 10.1 Å².